The lowest BCUT2D eigenvalue weighted by Crippen LogP contribution is -2.35. The number of fused-ring (bicyclic) bond motifs is 2. The third kappa shape index (κ3) is 2.49. The van der Waals surface area contributed by atoms with Gasteiger partial charge in [-0.05, 0) is 57.0 Å². The maximum absolute atomic E-state index is 13.3. The molecular formula is C19H20N2O3S2. The number of benzene rings is 2. The van der Waals surface area contributed by atoms with Crippen molar-refractivity contribution in [2.75, 3.05) is 4.31 Å². The van der Waals surface area contributed by atoms with E-state index in [-0.39, 0.29) is 21.9 Å². The molecule has 1 aromatic heterocycles. The monoisotopic (exact) mass is 388 g/mol. The van der Waals surface area contributed by atoms with Crippen molar-refractivity contribution in [3.8, 4) is 0 Å². The summed E-state index contributed by atoms with van der Waals surface area (Å²) in [5.41, 5.74) is 2.57. The number of hydrogen-bond donors (Lipinski definition) is 0. The van der Waals surface area contributed by atoms with Crippen LogP contribution < -0.4 is 9.18 Å². The molecule has 0 radical (unpaired) electrons. The molecule has 26 heavy (non-hydrogen) atoms. The Bertz CT molecular complexity index is 1160. The summed E-state index contributed by atoms with van der Waals surface area (Å²) < 4.78 is 30.5. The first-order valence-electron chi connectivity index (χ1n) is 8.58. The number of nitrogens with zero attached hydrogens (tertiary/aromatic N) is 2. The average molecular weight is 389 g/mol. The van der Waals surface area contributed by atoms with E-state index < -0.39 is 10.0 Å². The van der Waals surface area contributed by atoms with Crippen LogP contribution in [0.15, 0.2) is 52.2 Å². The van der Waals surface area contributed by atoms with Crippen LogP contribution in [0, 0.1) is 0 Å². The Hall–Kier alpha value is -2.12. The van der Waals surface area contributed by atoms with E-state index in [1.807, 2.05) is 45.0 Å². The van der Waals surface area contributed by atoms with Crippen LogP contribution in [0.3, 0.4) is 0 Å². The van der Waals surface area contributed by atoms with Crippen LogP contribution in [0.25, 0.3) is 10.2 Å². The fourth-order valence-electron chi connectivity index (χ4n) is 3.68. The molecule has 0 saturated carbocycles. The minimum absolute atomic E-state index is 0.0317. The molecule has 2 heterocycles. The molecule has 0 saturated heterocycles. The minimum Gasteiger partial charge on any atom is -0.296 e. The molecule has 0 amide bonds. The van der Waals surface area contributed by atoms with Gasteiger partial charge in [0.1, 0.15) is 0 Å². The zero-order valence-corrected chi connectivity index (χ0v) is 16.5. The highest BCUT2D eigenvalue weighted by atomic mass is 32.2. The Morgan fingerprint density at radius 1 is 1.15 bits per heavy atom. The molecule has 0 fully saturated rings. The summed E-state index contributed by atoms with van der Waals surface area (Å²) in [6, 6.07) is 12.5. The Kier molecular flexibility index (Phi) is 3.96. The normalized spacial score (nSPS) is 17.2. The van der Waals surface area contributed by atoms with Crippen molar-refractivity contribution in [1.82, 2.24) is 4.57 Å². The molecule has 7 heteroatoms. The number of sulfonamides is 1. The molecular weight excluding hydrogens is 368 g/mol. The van der Waals surface area contributed by atoms with Crippen molar-refractivity contribution >= 4 is 37.3 Å². The van der Waals surface area contributed by atoms with E-state index in [0.717, 1.165) is 28.1 Å². The summed E-state index contributed by atoms with van der Waals surface area (Å²) in [7, 11) is -3.69. The van der Waals surface area contributed by atoms with Crippen LogP contribution in [0.2, 0.25) is 0 Å². The standard InChI is InChI=1S/C19H20N2O3S2/c1-12(2)20-17-9-8-15(11-18(17)25-19(20)22)26(23,24)21-13(3)10-14-6-4-5-7-16(14)21/h4-9,11-13H,10H2,1-3H3. The maximum atomic E-state index is 13.3. The number of anilines is 1. The summed E-state index contributed by atoms with van der Waals surface area (Å²) in [6.45, 7) is 5.81. The molecule has 0 bridgehead atoms. The molecule has 1 aliphatic heterocycles. The number of aromatic nitrogens is 1. The first-order valence-corrected chi connectivity index (χ1v) is 10.8. The molecule has 136 valence electrons. The highest BCUT2D eigenvalue weighted by molar-refractivity contribution is 7.93. The Morgan fingerprint density at radius 3 is 2.62 bits per heavy atom. The molecule has 0 aliphatic carbocycles. The summed E-state index contributed by atoms with van der Waals surface area (Å²) in [4.78, 5) is 12.4. The molecule has 1 aliphatic rings. The van der Waals surface area contributed by atoms with Gasteiger partial charge in [0.05, 0.1) is 20.8 Å². The van der Waals surface area contributed by atoms with Crippen molar-refractivity contribution in [2.45, 2.75) is 44.2 Å². The summed E-state index contributed by atoms with van der Waals surface area (Å²) >= 11 is 1.09. The zero-order valence-electron chi connectivity index (χ0n) is 14.8. The molecule has 2 aromatic carbocycles. The lowest BCUT2D eigenvalue weighted by molar-refractivity contribution is 0.584. The van der Waals surface area contributed by atoms with Crippen LogP contribution >= 0.6 is 11.3 Å². The maximum Gasteiger partial charge on any atom is 0.308 e. The van der Waals surface area contributed by atoms with Gasteiger partial charge in [-0.15, -0.1) is 0 Å². The summed E-state index contributed by atoms with van der Waals surface area (Å²) in [5.74, 6) is 0. The molecule has 1 unspecified atom stereocenters. The summed E-state index contributed by atoms with van der Waals surface area (Å²) in [5, 5.41) is 0. The number of rotatable bonds is 3. The average Bonchev–Trinajstić information content (AvgIpc) is 3.09. The second-order valence-corrected chi connectivity index (χ2v) is 9.75. The van der Waals surface area contributed by atoms with E-state index in [1.165, 1.54) is 4.31 Å². The molecule has 4 rings (SSSR count). The van der Waals surface area contributed by atoms with E-state index in [0.29, 0.717) is 11.1 Å². The van der Waals surface area contributed by atoms with Crippen LogP contribution in [0.1, 0.15) is 32.4 Å². The number of hydrogen-bond acceptors (Lipinski definition) is 4. The van der Waals surface area contributed by atoms with E-state index in [9.17, 15) is 13.2 Å². The van der Waals surface area contributed by atoms with Gasteiger partial charge in [-0.1, -0.05) is 29.5 Å². The van der Waals surface area contributed by atoms with Crippen molar-refractivity contribution in [3.63, 3.8) is 0 Å². The van der Waals surface area contributed by atoms with Gasteiger partial charge in [-0.25, -0.2) is 8.42 Å². The predicted molar refractivity (Wildman–Crippen MR) is 106 cm³/mol. The second-order valence-electron chi connectivity index (χ2n) is 6.94. The Morgan fingerprint density at radius 2 is 1.88 bits per heavy atom. The van der Waals surface area contributed by atoms with Gasteiger partial charge in [0.25, 0.3) is 10.0 Å². The van der Waals surface area contributed by atoms with Gasteiger partial charge < -0.3 is 0 Å². The van der Waals surface area contributed by atoms with Crippen LogP contribution in [-0.4, -0.2) is 19.0 Å². The number of para-hydroxylation sites is 1. The van der Waals surface area contributed by atoms with Gasteiger partial charge in [-0.3, -0.25) is 13.7 Å². The molecule has 0 N–H and O–H groups in total. The van der Waals surface area contributed by atoms with E-state index >= 15 is 0 Å². The van der Waals surface area contributed by atoms with Crippen LogP contribution in [-0.2, 0) is 16.4 Å². The van der Waals surface area contributed by atoms with E-state index in [1.54, 1.807) is 22.8 Å². The number of thiazole rings is 1. The topological polar surface area (TPSA) is 59.4 Å². The first kappa shape index (κ1) is 17.3. The SMILES string of the molecule is CC1Cc2ccccc2N1S(=O)(=O)c1ccc2c(c1)sc(=O)n2C(C)C. The quantitative estimate of drug-likeness (QED) is 0.686. The molecule has 3 aromatic rings. The van der Waals surface area contributed by atoms with Crippen LogP contribution in [0.5, 0.6) is 0 Å². The third-order valence-electron chi connectivity index (χ3n) is 4.80. The highest BCUT2D eigenvalue weighted by Crippen LogP contribution is 2.37. The predicted octanol–water partition coefficient (Wildman–Crippen LogP) is 3.78. The zero-order chi connectivity index (χ0) is 18.6. The van der Waals surface area contributed by atoms with E-state index in [4.69, 9.17) is 0 Å². The molecule has 5 nitrogen and oxygen atoms in total. The Balaban J connectivity index is 1.86. The van der Waals surface area contributed by atoms with Gasteiger partial charge in [0.15, 0.2) is 0 Å². The lowest BCUT2D eigenvalue weighted by Gasteiger charge is -2.24. The smallest absolute Gasteiger partial charge is 0.296 e. The van der Waals surface area contributed by atoms with Crippen molar-refractivity contribution < 1.29 is 8.42 Å². The molecule has 1 atom stereocenters. The van der Waals surface area contributed by atoms with Gasteiger partial charge in [-0.2, -0.15) is 0 Å². The minimum atomic E-state index is -3.69. The fraction of sp³-hybridized carbons (Fsp3) is 0.316. The largest absolute Gasteiger partial charge is 0.308 e. The van der Waals surface area contributed by atoms with Crippen molar-refractivity contribution in [3.05, 3.63) is 57.7 Å². The van der Waals surface area contributed by atoms with E-state index in [2.05, 4.69) is 0 Å². The van der Waals surface area contributed by atoms with Gasteiger partial charge in [0, 0.05) is 12.1 Å². The van der Waals surface area contributed by atoms with Crippen molar-refractivity contribution in [1.29, 1.82) is 0 Å². The van der Waals surface area contributed by atoms with Gasteiger partial charge >= 0.3 is 4.87 Å². The summed E-state index contributed by atoms with van der Waals surface area (Å²) in [6.07, 6.45) is 0.703. The highest BCUT2D eigenvalue weighted by Gasteiger charge is 2.36. The fourth-order valence-corrected chi connectivity index (χ4v) is 6.53. The van der Waals surface area contributed by atoms with Crippen LogP contribution in [0.4, 0.5) is 5.69 Å². The first-order chi connectivity index (χ1) is 12.3. The second kappa shape index (κ2) is 5.96. The third-order valence-corrected chi connectivity index (χ3v) is 7.65. The van der Waals surface area contributed by atoms with Gasteiger partial charge in [0.2, 0.25) is 0 Å². The molecule has 0 spiro atoms. The lowest BCUT2D eigenvalue weighted by atomic mass is 10.1. The van der Waals surface area contributed by atoms with Crippen molar-refractivity contribution in [2.24, 2.45) is 0 Å². The Labute approximate surface area is 156 Å².